The van der Waals surface area contributed by atoms with Crippen molar-refractivity contribution in [1.82, 2.24) is 2.63 Å². The molecule has 0 amide bonds. The van der Waals surface area contributed by atoms with Gasteiger partial charge < -0.3 is 5.11 Å². The molecule has 11 heavy (non-hydrogen) atoms. The summed E-state index contributed by atoms with van der Waals surface area (Å²) < 4.78 is 1.47. The Morgan fingerprint density at radius 3 is 2.64 bits per heavy atom. The third-order valence-electron chi connectivity index (χ3n) is 1.28. The fourth-order valence-electron chi connectivity index (χ4n) is 0.773. The van der Waals surface area contributed by atoms with Crippen LogP contribution in [0.4, 0.5) is 0 Å². The number of rotatable bonds is 2. The van der Waals surface area contributed by atoms with E-state index in [1.54, 1.807) is 12.1 Å². The topological polar surface area (TPSA) is 23.5 Å². The molecule has 1 aromatic rings. The molecule has 0 aliphatic carbocycles. The van der Waals surface area contributed by atoms with Gasteiger partial charge in [-0.05, 0) is 17.8 Å². The Morgan fingerprint density at radius 1 is 1.45 bits per heavy atom. The van der Waals surface area contributed by atoms with E-state index >= 15 is 0 Å². The maximum absolute atomic E-state index is 9.27. The first kappa shape index (κ1) is 9.09. The smallest absolute Gasteiger partial charge is 0.120 e. The van der Waals surface area contributed by atoms with Crippen LogP contribution in [0.3, 0.4) is 0 Å². The van der Waals surface area contributed by atoms with Crippen LogP contribution >= 0.6 is 34.6 Å². The lowest BCUT2D eigenvalue weighted by atomic mass is 10.2. The van der Waals surface area contributed by atoms with Crippen molar-refractivity contribution in [3.63, 3.8) is 0 Å². The summed E-state index contributed by atoms with van der Waals surface area (Å²) in [6, 6.07) is 7.13. The van der Waals surface area contributed by atoms with E-state index in [0.29, 0.717) is 6.54 Å². The van der Waals surface area contributed by atoms with Crippen LogP contribution in [-0.4, -0.2) is 7.74 Å². The first-order valence-corrected chi connectivity index (χ1v) is 4.36. The molecule has 0 aliphatic rings. The van der Waals surface area contributed by atoms with Gasteiger partial charge in [-0.1, -0.05) is 18.2 Å². The standard InChI is InChI=1S/C7H7ClINO/c8-10(9)5-6-3-1-2-4-7(6)11/h1-4,11H,5H2. The molecule has 0 fully saturated rings. The van der Waals surface area contributed by atoms with Crippen molar-refractivity contribution in [2.24, 2.45) is 0 Å². The van der Waals surface area contributed by atoms with E-state index < -0.39 is 0 Å². The Morgan fingerprint density at radius 2 is 2.09 bits per heavy atom. The lowest BCUT2D eigenvalue weighted by molar-refractivity contribution is 0.464. The maximum atomic E-state index is 9.27. The molecule has 2 nitrogen and oxygen atoms in total. The van der Waals surface area contributed by atoms with Gasteiger partial charge in [0.05, 0.1) is 6.54 Å². The minimum Gasteiger partial charge on any atom is -0.508 e. The quantitative estimate of drug-likeness (QED) is 0.666. The van der Waals surface area contributed by atoms with Gasteiger partial charge in [0, 0.05) is 28.4 Å². The van der Waals surface area contributed by atoms with E-state index in [-0.39, 0.29) is 5.75 Å². The van der Waals surface area contributed by atoms with Crippen LogP contribution in [0.1, 0.15) is 5.56 Å². The van der Waals surface area contributed by atoms with Crippen molar-refractivity contribution in [3.05, 3.63) is 29.8 Å². The molecular formula is C7H7ClINO. The van der Waals surface area contributed by atoms with Crippen molar-refractivity contribution >= 4 is 34.6 Å². The number of aromatic hydroxyl groups is 1. The zero-order valence-corrected chi connectivity index (χ0v) is 8.58. The highest BCUT2D eigenvalue weighted by Crippen LogP contribution is 2.20. The average Bonchev–Trinajstić information content (AvgIpc) is 1.93. The molecule has 60 valence electrons. The normalized spacial score (nSPS) is 10.5. The summed E-state index contributed by atoms with van der Waals surface area (Å²) in [5.74, 6) is 0.287. The predicted molar refractivity (Wildman–Crippen MR) is 53.5 cm³/mol. The van der Waals surface area contributed by atoms with Gasteiger partial charge in [-0.3, -0.25) is 0 Å². The van der Waals surface area contributed by atoms with Crippen molar-refractivity contribution in [2.75, 3.05) is 0 Å². The van der Waals surface area contributed by atoms with Crippen LogP contribution in [-0.2, 0) is 6.54 Å². The van der Waals surface area contributed by atoms with E-state index in [2.05, 4.69) is 0 Å². The van der Waals surface area contributed by atoms with E-state index in [4.69, 9.17) is 11.8 Å². The van der Waals surface area contributed by atoms with Gasteiger partial charge in [0.1, 0.15) is 5.75 Å². The number of hydrogen-bond acceptors (Lipinski definition) is 2. The largest absolute Gasteiger partial charge is 0.508 e. The first-order valence-electron chi connectivity index (χ1n) is 3.06. The lowest BCUT2D eigenvalue weighted by Gasteiger charge is -2.05. The Balaban J connectivity index is 2.78. The molecule has 1 rings (SSSR count). The minimum absolute atomic E-state index is 0.287. The second kappa shape index (κ2) is 4.13. The fraction of sp³-hybridized carbons (Fsp3) is 0.143. The molecule has 0 saturated heterocycles. The molecule has 0 atom stereocenters. The molecule has 4 heteroatoms. The average molecular weight is 283 g/mol. The molecule has 1 N–H and O–H groups in total. The predicted octanol–water partition coefficient (Wildman–Crippen LogP) is 2.70. The van der Waals surface area contributed by atoms with Crippen LogP contribution < -0.4 is 0 Å². The fourth-order valence-corrected chi connectivity index (χ4v) is 1.27. The summed E-state index contributed by atoms with van der Waals surface area (Å²) in [6.45, 7) is 0.536. The van der Waals surface area contributed by atoms with E-state index in [9.17, 15) is 5.11 Å². The second-order valence-corrected chi connectivity index (χ2v) is 4.23. The molecule has 0 aromatic heterocycles. The highest BCUT2D eigenvalue weighted by molar-refractivity contribution is 14.1. The van der Waals surface area contributed by atoms with E-state index in [0.717, 1.165) is 5.56 Å². The third-order valence-corrected chi connectivity index (χ3v) is 1.74. The number of nitrogens with zero attached hydrogens (tertiary/aromatic N) is 1. The molecule has 0 heterocycles. The lowest BCUT2D eigenvalue weighted by Crippen LogP contribution is -1.96. The number of phenolic OH excluding ortho intramolecular Hbond substituents is 1. The minimum atomic E-state index is 0.287. The maximum Gasteiger partial charge on any atom is 0.120 e. The number of hydrogen-bond donors (Lipinski definition) is 1. The van der Waals surface area contributed by atoms with Crippen LogP contribution in [0.25, 0.3) is 0 Å². The first-order chi connectivity index (χ1) is 5.20. The molecule has 0 unspecified atom stereocenters. The van der Waals surface area contributed by atoms with Crippen LogP contribution in [0.15, 0.2) is 24.3 Å². The Hall–Kier alpha value is 0. The van der Waals surface area contributed by atoms with Gasteiger partial charge in [-0.25, -0.2) is 0 Å². The van der Waals surface area contributed by atoms with Crippen molar-refractivity contribution in [3.8, 4) is 5.75 Å². The second-order valence-electron chi connectivity index (χ2n) is 2.09. The highest BCUT2D eigenvalue weighted by atomic mass is 127. The van der Waals surface area contributed by atoms with Gasteiger partial charge in [-0.15, -0.1) is 0 Å². The number of benzene rings is 1. The van der Waals surface area contributed by atoms with Crippen molar-refractivity contribution in [2.45, 2.75) is 6.54 Å². The van der Waals surface area contributed by atoms with Crippen LogP contribution in [0.2, 0.25) is 0 Å². The number of phenols is 1. The SMILES string of the molecule is Oc1ccccc1CN(Cl)I. The summed E-state index contributed by atoms with van der Waals surface area (Å²) in [7, 11) is 0. The molecule has 0 bridgehead atoms. The van der Waals surface area contributed by atoms with Crippen molar-refractivity contribution < 1.29 is 5.11 Å². The summed E-state index contributed by atoms with van der Waals surface area (Å²) in [6.07, 6.45) is 0. The van der Waals surface area contributed by atoms with Crippen LogP contribution in [0, 0.1) is 0 Å². The van der Waals surface area contributed by atoms with E-state index in [1.165, 1.54) is 2.63 Å². The Kier molecular flexibility index (Phi) is 3.42. The Labute approximate surface area is 84.4 Å². The summed E-state index contributed by atoms with van der Waals surface area (Å²) in [4.78, 5) is 0. The van der Waals surface area contributed by atoms with Crippen molar-refractivity contribution in [1.29, 1.82) is 0 Å². The molecule has 1 aromatic carbocycles. The molecule has 0 saturated carbocycles. The molecule has 0 spiro atoms. The van der Waals surface area contributed by atoms with Gasteiger partial charge in [0.2, 0.25) is 0 Å². The third kappa shape index (κ3) is 2.84. The van der Waals surface area contributed by atoms with Crippen LogP contribution in [0.5, 0.6) is 5.75 Å². The monoisotopic (exact) mass is 283 g/mol. The van der Waals surface area contributed by atoms with Gasteiger partial charge in [0.15, 0.2) is 0 Å². The zero-order chi connectivity index (χ0) is 8.27. The van der Waals surface area contributed by atoms with Gasteiger partial charge in [-0.2, -0.15) is 2.63 Å². The highest BCUT2D eigenvalue weighted by Gasteiger charge is 2.01. The van der Waals surface area contributed by atoms with Gasteiger partial charge in [0.25, 0.3) is 0 Å². The molecule has 0 aliphatic heterocycles. The number of para-hydroxylation sites is 1. The Bertz CT molecular complexity index is 242. The van der Waals surface area contributed by atoms with E-state index in [1.807, 2.05) is 35.0 Å². The zero-order valence-electron chi connectivity index (χ0n) is 5.67. The summed E-state index contributed by atoms with van der Waals surface area (Å²) in [5, 5.41) is 9.27. The summed E-state index contributed by atoms with van der Waals surface area (Å²) >= 11 is 7.54. The van der Waals surface area contributed by atoms with Gasteiger partial charge >= 0.3 is 0 Å². The summed E-state index contributed by atoms with van der Waals surface area (Å²) in [5.41, 5.74) is 0.830. The number of halogens is 2. The molecule has 0 radical (unpaired) electrons. The molecular weight excluding hydrogens is 276 g/mol.